The van der Waals surface area contributed by atoms with Gasteiger partial charge in [-0.05, 0) is 39.7 Å². The van der Waals surface area contributed by atoms with Crippen LogP contribution in [-0.4, -0.2) is 23.6 Å². The molecule has 0 aromatic carbocycles. The summed E-state index contributed by atoms with van der Waals surface area (Å²) in [4.78, 5) is 7.10. The van der Waals surface area contributed by atoms with Crippen LogP contribution in [0.5, 0.6) is 0 Å². The first-order chi connectivity index (χ1) is 9.06. The number of nitrogens with one attached hydrogen (secondary N) is 1. The molecule has 0 radical (unpaired) electrons. The lowest BCUT2D eigenvalue weighted by Crippen LogP contribution is -2.36. The predicted molar refractivity (Wildman–Crippen MR) is 81.5 cm³/mol. The highest BCUT2D eigenvalue weighted by atomic mass is 15.2. The molecule has 1 aliphatic heterocycles. The number of aromatic nitrogens is 1. The van der Waals surface area contributed by atoms with Crippen molar-refractivity contribution >= 4 is 5.82 Å². The van der Waals surface area contributed by atoms with Crippen LogP contribution < -0.4 is 10.2 Å². The molecular weight excluding hydrogens is 234 g/mol. The van der Waals surface area contributed by atoms with Crippen molar-refractivity contribution in [3.63, 3.8) is 0 Å². The quantitative estimate of drug-likeness (QED) is 0.904. The van der Waals surface area contributed by atoms with Gasteiger partial charge in [0, 0.05) is 36.9 Å². The SMILES string of the molecule is CC(C)(C)NCc1cccnc1N1CCCCCC1. The fourth-order valence-corrected chi connectivity index (χ4v) is 2.50. The molecule has 19 heavy (non-hydrogen) atoms. The third kappa shape index (κ3) is 4.50. The molecule has 0 amide bonds. The second kappa shape index (κ2) is 6.38. The zero-order valence-corrected chi connectivity index (χ0v) is 12.6. The maximum Gasteiger partial charge on any atom is 0.133 e. The lowest BCUT2D eigenvalue weighted by Gasteiger charge is -2.26. The van der Waals surface area contributed by atoms with Crippen LogP contribution in [0, 0.1) is 0 Å². The van der Waals surface area contributed by atoms with E-state index >= 15 is 0 Å². The van der Waals surface area contributed by atoms with Crippen molar-refractivity contribution in [2.75, 3.05) is 18.0 Å². The molecule has 2 heterocycles. The Hall–Kier alpha value is -1.09. The average Bonchev–Trinajstić information content (AvgIpc) is 2.64. The van der Waals surface area contributed by atoms with Gasteiger partial charge in [0.25, 0.3) is 0 Å². The van der Waals surface area contributed by atoms with Crippen LogP contribution in [-0.2, 0) is 6.54 Å². The summed E-state index contributed by atoms with van der Waals surface area (Å²) in [6.45, 7) is 9.81. The van der Waals surface area contributed by atoms with Gasteiger partial charge in [-0.15, -0.1) is 0 Å². The van der Waals surface area contributed by atoms with Crippen LogP contribution >= 0.6 is 0 Å². The molecule has 3 heteroatoms. The van der Waals surface area contributed by atoms with Gasteiger partial charge in [-0.2, -0.15) is 0 Å². The van der Waals surface area contributed by atoms with Crippen LogP contribution in [0.1, 0.15) is 52.0 Å². The lowest BCUT2D eigenvalue weighted by atomic mass is 10.1. The largest absolute Gasteiger partial charge is 0.356 e. The molecule has 1 saturated heterocycles. The van der Waals surface area contributed by atoms with Gasteiger partial charge in [-0.3, -0.25) is 0 Å². The fourth-order valence-electron chi connectivity index (χ4n) is 2.50. The molecule has 0 unspecified atom stereocenters. The fraction of sp³-hybridized carbons (Fsp3) is 0.688. The van der Waals surface area contributed by atoms with Gasteiger partial charge in [-0.25, -0.2) is 4.98 Å². The molecule has 2 rings (SSSR count). The molecule has 0 aliphatic carbocycles. The van der Waals surface area contributed by atoms with Crippen molar-refractivity contribution < 1.29 is 0 Å². The van der Waals surface area contributed by atoms with E-state index in [-0.39, 0.29) is 5.54 Å². The van der Waals surface area contributed by atoms with Crippen molar-refractivity contribution in [3.05, 3.63) is 23.9 Å². The lowest BCUT2D eigenvalue weighted by molar-refractivity contribution is 0.424. The Morgan fingerprint density at radius 3 is 2.47 bits per heavy atom. The van der Waals surface area contributed by atoms with E-state index in [1.54, 1.807) is 0 Å². The van der Waals surface area contributed by atoms with E-state index in [0.29, 0.717) is 0 Å². The summed E-state index contributed by atoms with van der Waals surface area (Å²) in [7, 11) is 0. The number of anilines is 1. The summed E-state index contributed by atoms with van der Waals surface area (Å²) in [5.41, 5.74) is 1.46. The topological polar surface area (TPSA) is 28.2 Å². The van der Waals surface area contributed by atoms with Gasteiger partial charge in [0.2, 0.25) is 0 Å². The highest BCUT2D eigenvalue weighted by molar-refractivity contribution is 5.46. The Labute approximate surface area is 117 Å². The summed E-state index contributed by atoms with van der Waals surface area (Å²) >= 11 is 0. The Bertz CT molecular complexity index is 387. The van der Waals surface area contributed by atoms with Gasteiger partial charge >= 0.3 is 0 Å². The zero-order valence-electron chi connectivity index (χ0n) is 12.6. The van der Waals surface area contributed by atoms with Crippen LogP contribution in [0.2, 0.25) is 0 Å². The molecular formula is C16H27N3. The predicted octanol–water partition coefficient (Wildman–Crippen LogP) is 3.35. The summed E-state index contributed by atoms with van der Waals surface area (Å²) in [6, 6.07) is 4.24. The highest BCUT2D eigenvalue weighted by Gasteiger charge is 2.16. The molecule has 0 saturated carbocycles. The Kier molecular flexibility index (Phi) is 4.81. The van der Waals surface area contributed by atoms with Crippen LogP contribution in [0.4, 0.5) is 5.82 Å². The Balaban J connectivity index is 2.10. The van der Waals surface area contributed by atoms with E-state index in [9.17, 15) is 0 Å². The van der Waals surface area contributed by atoms with Crippen molar-refractivity contribution in [2.24, 2.45) is 0 Å². The standard InChI is InChI=1S/C16H27N3/c1-16(2,3)18-13-14-9-8-10-17-15(14)19-11-6-4-5-7-12-19/h8-10,18H,4-7,11-13H2,1-3H3. The third-order valence-electron chi connectivity index (χ3n) is 3.58. The first-order valence-corrected chi connectivity index (χ1v) is 7.50. The smallest absolute Gasteiger partial charge is 0.133 e. The minimum atomic E-state index is 0.145. The Morgan fingerprint density at radius 1 is 1.16 bits per heavy atom. The average molecular weight is 261 g/mol. The third-order valence-corrected chi connectivity index (χ3v) is 3.58. The van der Waals surface area contributed by atoms with E-state index in [0.717, 1.165) is 19.6 Å². The molecule has 0 bridgehead atoms. The van der Waals surface area contributed by atoms with E-state index < -0.39 is 0 Å². The maximum absolute atomic E-state index is 4.63. The second-order valence-electron chi connectivity index (χ2n) is 6.49. The number of nitrogens with zero attached hydrogens (tertiary/aromatic N) is 2. The summed E-state index contributed by atoms with van der Waals surface area (Å²) in [5, 5.41) is 3.57. The van der Waals surface area contributed by atoms with E-state index in [1.807, 2.05) is 12.3 Å². The summed E-state index contributed by atoms with van der Waals surface area (Å²) in [5.74, 6) is 1.18. The molecule has 3 nitrogen and oxygen atoms in total. The van der Waals surface area contributed by atoms with Crippen molar-refractivity contribution in [1.82, 2.24) is 10.3 Å². The van der Waals surface area contributed by atoms with E-state index in [4.69, 9.17) is 0 Å². The van der Waals surface area contributed by atoms with Gasteiger partial charge < -0.3 is 10.2 Å². The van der Waals surface area contributed by atoms with E-state index in [1.165, 1.54) is 37.1 Å². The normalized spacial score (nSPS) is 17.3. The van der Waals surface area contributed by atoms with Crippen molar-refractivity contribution in [2.45, 2.75) is 58.5 Å². The summed E-state index contributed by atoms with van der Waals surface area (Å²) < 4.78 is 0. The molecule has 1 N–H and O–H groups in total. The molecule has 0 spiro atoms. The van der Waals surface area contributed by atoms with Crippen LogP contribution in [0.3, 0.4) is 0 Å². The van der Waals surface area contributed by atoms with E-state index in [2.05, 4.69) is 42.0 Å². The number of hydrogen-bond donors (Lipinski definition) is 1. The number of hydrogen-bond acceptors (Lipinski definition) is 3. The monoisotopic (exact) mass is 261 g/mol. The van der Waals surface area contributed by atoms with Crippen molar-refractivity contribution in [3.8, 4) is 0 Å². The van der Waals surface area contributed by atoms with Gasteiger partial charge in [0.1, 0.15) is 5.82 Å². The maximum atomic E-state index is 4.63. The Morgan fingerprint density at radius 2 is 1.84 bits per heavy atom. The van der Waals surface area contributed by atoms with Crippen molar-refractivity contribution in [1.29, 1.82) is 0 Å². The summed E-state index contributed by atoms with van der Waals surface area (Å²) in [6.07, 6.45) is 7.23. The van der Waals surface area contributed by atoms with Gasteiger partial charge in [0.15, 0.2) is 0 Å². The molecule has 1 aromatic rings. The first-order valence-electron chi connectivity index (χ1n) is 7.50. The zero-order chi connectivity index (χ0) is 13.7. The van der Waals surface area contributed by atoms with Gasteiger partial charge in [-0.1, -0.05) is 18.9 Å². The molecule has 0 atom stereocenters. The first kappa shape index (κ1) is 14.3. The molecule has 106 valence electrons. The number of rotatable bonds is 3. The second-order valence-corrected chi connectivity index (χ2v) is 6.49. The molecule has 1 aromatic heterocycles. The minimum Gasteiger partial charge on any atom is -0.356 e. The molecule has 1 aliphatic rings. The molecule has 1 fully saturated rings. The number of pyridine rings is 1. The van der Waals surface area contributed by atoms with Crippen LogP contribution in [0.15, 0.2) is 18.3 Å². The highest BCUT2D eigenvalue weighted by Crippen LogP contribution is 2.21. The van der Waals surface area contributed by atoms with Crippen LogP contribution in [0.25, 0.3) is 0 Å². The minimum absolute atomic E-state index is 0.145. The van der Waals surface area contributed by atoms with Gasteiger partial charge in [0.05, 0.1) is 0 Å².